The number of sulfonamides is 1. The summed E-state index contributed by atoms with van der Waals surface area (Å²) in [6.07, 6.45) is 2.00. The van der Waals surface area contributed by atoms with E-state index in [4.69, 9.17) is 20.9 Å². The van der Waals surface area contributed by atoms with Crippen LogP contribution in [-0.2, 0) is 16.4 Å². The monoisotopic (exact) mass is 484 g/mol. The van der Waals surface area contributed by atoms with Crippen molar-refractivity contribution in [3.63, 3.8) is 0 Å². The second kappa shape index (κ2) is 12.2. The van der Waals surface area contributed by atoms with Gasteiger partial charge in [0.1, 0.15) is 24.7 Å². The molecule has 182 valence electrons. The predicted molar refractivity (Wildman–Crippen MR) is 138 cm³/mol. The Labute approximate surface area is 201 Å². The molecule has 0 aliphatic carbocycles. The maximum atomic E-state index is 11.3. The molecular formula is C25H32N4O4S. The summed E-state index contributed by atoms with van der Waals surface area (Å²) in [6, 6.07) is 22.1. The quantitative estimate of drug-likeness (QED) is 0.319. The van der Waals surface area contributed by atoms with Crippen LogP contribution < -0.4 is 25.7 Å². The highest BCUT2D eigenvalue weighted by Gasteiger charge is 2.08. The van der Waals surface area contributed by atoms with E-state index in [1.807, 2.05) is 48.5 Å². The summed E-state index contributed by atoms with van der Waals surface area (Å²) in [5.41, 5.74) is 14.7. The lowest BCUT2D eigenvalue weighted by atomic mass is 10.1. The number of nitrogens with one attached hydrogen (secondary N) is 1. The van der Waals surface area contributed by atoms with Crippen LogP contribution >= 0.6 is 0 Å². The summed E-state index contributed by atoms with van der Waals surface area (Å²) in [5, 5.41) is 0. The number of nitrogens with two attached hydrogens (primary N) is 2. The third-order valence-corrected chi connectivity index (χ3v) is 5.69. The first kappa shape index (κ1) is 25.2. The van der Waals surface area contributed by atoms with Crippen molar-refractivity contribution in [3.05, 3.63) is 78.4 Å². The van der Waals surface area contributed by atoms with Crippen molar-refractivity contribution in [1.29, 1.82) is 0 Å². The van der Waals surface area contributed by atoms with Crippen molar-refractivity contribution in [2.24, 2.45) is 0 Å². The number of rotatable bonds is 13. The summed E-state index contributed by atoms with van der Waals surface area (Å²) in [4.78, 5) is 2.28. The third kappa shape index (κ3) is 9.21. The lowest BCUT2D eigenvalue weighted by Crippen LogP contribution is -2.34. The normalized spacial score (nSPS) is 11.4. The smallest absolute Gasteiger partial charge is 0.229 e. The molecule has 34 heavy (non-hydrogen) atoms. The van der Waals surface area contributed by atoms with Crippen LogP contribution in [0.2, 0.25) is 0 Å². The van der Waals surface area contributed by atoms with Crippen molar-refractivity contribution in [2.75, 3.05) is 55.3 Å². The Morgan fingerprint density at radius 3 is 1.71 bits per heavy atom. The van der Waals surface area contributed by atoms with Gasteiger partial charge >= 0.3 is 0 Å². The molecule has 3 rings (SSSR count). The number of benzene rings is 3. The number of hydrogen-bond acceptors (Lipinski definition) is 7. The van der Waals surface area contributed by atoms with Crippen LogP contribution in [0.3, 0.4) is 0 Å². The van der Waals surface area contributed by atoms with Crippen LogP contribution in [0.15, 0.2) is 72.8 Å². The van der Waals surface area contributed by atoms with Gasteiger partial charge in [-0.3, -0.25) is 9.62 Å². The molecule has 0 aliphatic rings. The van der Waals surface area contributed by atoms with E-state index in [0.717, 1.165) is 37.2 Å². The first-order chi connectivity index (χ1) is 16.3. The molecule has 5 N–H and O–H groups in total. The number of ether oxygens (including phenoxy) is 2. The van der Waals surface area contributed by atoms with Crippen molar-refractivity contribution in [1.82, 2.24) is 4.90 Å². The van der Waals surface area contributed by atoms with E-state index < -0.39 is 10.0 Å². The van der Waals surface area contributed by atoms with Crippen LogP contribution in [-0.4, -0.2) is 52.4 Å². The minimum Gasteiger partial charge on any atom is -0.492 e. The highest BCUT2D eigenvalue weighted by molar-refractivity contribution is 7.92. The molecule has 0 fully saturated rings. The molecule has 0 unspecified atom stereocenters. The Kier molecular flexibility index (Phi) is 9.00. The molecule has 0 heterocycles. The van der Waals surface area contributed by atoms with E-state index >= 15 is 0 Å². The van der Waals surface area contributed by atoms with Crippen LogP contribution in [0.1, 0.15) is 5.56 Å². The number of anilines is 3. The molecule has 0 radical (unpaired) electrons. The average Bonchev–Trinajstić information content (AvgIpc) is 2.79. The fourth-order valence-electron chi connectivity index (χ4n) is 3.29. The zero-order valence-electron chi connectivity index (χ0n) is 19.3. The standard InChI is InChI=1S/C25H32N4O4S/c1-34(30,31)28-23-8-12-25(13-9-23)33-19-17-29(15-14-20-2-4-21(26)5-3-20)16-18-32-24-10-6-22(27)7-11-24/h2-13,28H,14-19,26-27H2,1H3. The molecule has 3 aromatic rings. The van der Waals surface area contributed by atoms with Crippen molar-refractivity contribution in [3.8, 4) is 11.5 Å². The van der Waals surface area contributed by atoms with Gasteiger partial charge in [-0.1, -0.05) is 12.1 Å². The summed E-state index contributed by atoms with van der Waals surface area (Å²) in [5.74, 6) is 1.46. The average molecular weight is 485 g/mol. The van der Waals surface area contributed by atoms with Crippen molar-refractivity contribution < 1.29 is 17.9 Å². The van der Waals surface area contributed by atoms with Gasteiger partial charge in [0.2, 0.25) is 10.0 Å². The topological polar surface area (TPSA) is 120 Å². The molecule has 0 saturated carbocycles. The van der Waals surface area contributed by atoms with E-state index in [-0.39, 0.29) is 0 Å². The Balaban J connectivity index is 1.51. The number of nitrogen functional groups attached to an aromatic ring is 2. The Bertz CT molecular complexity index is 1120. The maximum Gasteiger partial charge on any atom is 0.229 e. The molecular weight excluding hydrogens is 452 g/mol. The van der Waals surface area contributed by atoms with Crippen molar-refractivity contribution >= 4 is 27.1 Å². The molecule has 9 heteroatoms. The van der Waals surface area contributed by atoms with Gasteiger partial charge in [-0.05, 0) is 72.6 Å². The van der Waals surface area contributed by atoms with Crippen LogP contribution in [0.5, 0.6) is 11.5 Å². The molecule has 0 aromatic heterocycles. The lowest BCUT2D eigenvalue weighted by Gasteiger charge is -2.23. The maximum absolute atomic E-state index is 11.3. The highest BCUT2D eigenvalue weighted by atomic mass is 32.2. The van der Waals surface area contributed by atoms with Gasteiger partial charge in [-0.25, -0.2) is 8.42 Å². The summed E-state index contributed by atoms with van der Waals surface area (Å²) < 4.78 is 36.9. The molecule has 0 bridgehead atoms. The van der Waals surface area contributed by atoms with Crippen LogP contribution in [0.4, 0.5) is 17.1 Å². The highest BCUT2D eigenvalue weighted by Crippen LogP contribution is 2.17. The Hall–Kier alpha value is -3.43. The van der Waals surface area contributed by atoms with Gasteiger partial charge in [-0.2, -0.15) is 0 Å². The molecule has 0 saturated heterocycles. The first-order valence-electron chi connectivity index (χ1n) is 11.0. The first-order valence-corrected chi connectivity index (χ1v) is 12.9. The van der Waals surface area contributed by atoms with E-state index in [1.165, 1.54) is 5.56 Å². The second-order valence-corrected chi connectivity index (χ2v) is 9.75. The number of nitrogens with zero attached hydrogens (tertiary/aromatic N) is 1. The SMILES string of the molecule is CS(=O)(=O)Nc1ccc(OCCN(CCOc2ccc(N)cc2)CCc2ccc(N)cc2)cc1. The zero-order chi connectivity index (χ0) is 24.4. The minimum atomic E-state index is -3.30. The van der Waals surface area contributed by atoms with Gasteiger partial charge in [0.25, 0.3) is 0 Å². The zero-order valence-corrected chi connectivity index (χ0v) is 20.1. The van der Waals surface area contributed by atoms with Crippen molar-refractivity contribution in [2.45, 2.75) is 6.42 Å². The third-order valence-electron chi connectivity index (χ3n) is 5.09. The van der Waals surface area contributed by atoms with E-state index in [1.54, 1.807) is 24.3 Å². The fraction of sp³-hybridized carbons (Fsp3) is 0.280. The molecule has 0 amide bonds. The van der Waals surface area contributed by atoms with E-state index in [2.05, 4.69) is 9.62 Å². The van der Waals surface area contributed by atoms with Gasteiger partial charge in [-0.15, -0.1) is 0 Å². The predicted octanol–water partition coefficient (Wildman–Crippen LogP) is 3.22. The fourth-order valence-corrected chi connectivity index (χ4v) is 3.85. The molecule has 0 aliphatic heterocycles. The van der Waals surface area contributed by atoms with Gasteiger partial charge < -0.3 is 20.9 Å². The van der Waals surface area contributed by atoms with E-state index in [9.17, 15) is 8.42 Å². The van der Waals surface area contributed by atoms with E-state index in [0.29, 0.717) is 36.9 Å². The molecule has 3 aromatic carbocycles. The lowest BCUT2D eigenvalue weighted by molar-refractivity contribution is 0.178. The van der Waals surface area contributed by atoms with Crippen LogP contribution in [0, 0.1) is 0 Å². The van der Waals surface area contributed by atoms with Gasteiger partial charge in [0, 0.05) is 36.7 Å². The summed E-state index contributed by atoms with van der Waals surface area (Å²) in [6.45, 7) is 3.32. The van der Waals surface area contributed by atoms with Gasteiger partial charge in [0.15, 0.2) is 0 Å². The van der Waals surface area contributed by atoms with Crippen LogP contribution in [0.25, 0.3) is 0 Å². The molecule has 8 nitrogen and oxygen atoms in total. The second-order valence-electron chi connectivity index (χ2n) is 8.00. The summed E-state index contributed by atoms with van der Waals surface area (Å²) >= 11 is 0. The molecule has 0 spiro atoms. The Morgan fingerprint density at radius 2 is 1.21 bits per heavy atom. The largest absolute Gasteiger partial charge is 0.492 e. The van der Waals surface area contributed by atoms with Gasteiger partial charge in [0.05, 0.1) is 6.26 Å². The molecule has 0 atom stereocenters. The Morgan fingerprint density at radius 1 is 0.735 bits per heavy atom. The summed E-state index contributed by atoms with van der Waals surface area (Å²) in [7, 11) is -3.30. The number of hydrogen-bond donors (Lipinski definition) is 3. The minimum absolute atomic E-state index is 0.489.